The first-order valence-electron chi connectivity index (χ1n) is 9.69. The molecule has 28 heavy (non-hydrogen) atoms. The second-order valence-electron chi connectivity index (χ2n) is 7.88. The van der Waals surface area contributed by atoms with E-state index in [0.717, 1.165) is 37.6 Å². The zero-order chi connectivity index (χ0) is 18.9. The first kappa shape index (κ1) is 20.8. The van der Waals surface area contributed by atoms with Gasteiger partial charge >= 0.3 is 5.97 Å². The number of halogens is 1. The van der Waals surface area contributed by atoms with E-state index < -0.39 is 0 Å². The van der Waals surface area contributed by atoms with Crippen LogP contribution in [0.4, 0.5) is 0 Å². The van der Waals surface area contributed by atoms with Crippen LogP contribution in [0.1, 0.15) is 41.0 Å². The molecule has 2 heterocycles. The number of aromatic nitrogens is 2. The number of nitrogens with one attached hydrogen (secondary N) is 1. The molecule has 152 valence electrons. The molecule has 6 nitrogen and oxygen atoms in total. The Morgan fingerprint density at radius 3 is 2.82 bits per heavy atom. The SMILES string of the molecule is COC(=O)c1cccc(CN(Cc2nccn2C)C2CC23CCNCC3)c1.Cl. The molecule has 7 heteroatoms. The number of carbonyl (C=O) groups is 1. The number of imidazole rings is 1. The standard InChI is InChI=1S/C21H28N4O2.ClH/c1-24-11-10-23-19(24)15-25(18-13-21(18)6-8-22-9-7-21)14-16-4-3-5-17(12-16)20(26)27-2;/h3-5,10-12,18,22H,6-9,13-15H2,1-2H3;1H. The molecule has 1 spiro atoms. The minimum Gasteiger partial charge on any atom is -0.465 e. The van der Waals surface area contributed by atoms with Crippen LogP contribution in [0.15, 0.2) is 36.7 Å². The van der Waals surface area contributed by atoms with Crippen LogP contribution >= 0.6 is 12.4 Å². The van der Waals surface area contributed by atoms with E-state index in [1.54, 1.807) is 0 Å². The second kappa shape index (κ2) is 8.64. The molecule has 2 aliphatic rings. The molecule has 0 bridgehead atoms. The molecule has 0 radical (unpaired) electrons. The number of benzene rings is 1. The van der Waals surface area contributed by atoms with Crippen molar-refractivity contribution in [3.05, 3.63) is 53.6 Å². The summed E-state index contributed by atoms with van der Waals surface area (Å²) in [5.41, 5.74) is 2.21. The van der Waals surface area contributed by atoms with Crippen LogP contribution in [-0.2, 0) is 24.9 Å². The molecule has 1 aromatic heterocycles. The van der Waals surface area contributed by atoms with Gasteiger partial charge in [0.15, 0.2) is 0 Å². The van der Waals surface area contributed by atoms with Gasteiger partial charge in [0.05, 0.1) is 19.2 Å². The van der Waals surface area contributed by atoms with Gasteiger partial charge in [0.25, 0.3) is 0 Å². The fourth-order valence-corrected chi connectivity index (χ4v) is 4.46. The molecule has 1 aliphatic carbocycles. The van der Waals surface area contributed by atoms with Crippen LogP contribution in [0.2, 0.25) is 0 Å². The zero-order valence-corrected chi connectivity index (χ0v) is 17.4. The topological polar surface area (TPSA) is 59.4 Å². The van der Waals surface area contributed by atoms with E-state index in [9.17, 15) is 4.79 Å². The van der Waals surface area contributed by atoms with Gasteiger partial charge in [0, 0.05) is 32.0 Å². The number of methoxy groups -OCH3 is 1. The summed E-state index contributed by atoms with van der Waals surface area (Å²) in [5, 5.41) is 3.48. The number of hydrogen-bond acceptors (Lipinski definition) is 5. The Morgan fingerprint density at radius 1 is 1.36 bits per heavy atom. The summed E-state index contributed by atoms with van der Waals surface area (Å²) >= 11 is 0. The molecule has 1 aliphatic heterocycles. The van der Waals surface area contributed by atoms with Crippen molar-refractivity contribution in [1.29, 1.82) is 0 Å². The quantitative estimate of drug-likeness (QED) is 0.750. The molecular weight excluding hydrogens is 376 g/mol. The Balaban J connectivity index is 0.00000225. The summed E-state index contributed by atoms with van der Waals surface area (Å²) in [7, 11) is 3.47. The zero-order valence-electron chi connectivity index (χ0n) is 16.6. The average molecular weight is 405 g/mol. The summed E-state index contributed by atoms with van der Waals surface area (Å²) in [6.07, 6.45) is 7.61. The lowest BCUT2D eigenvalue weighted by molar-refractivity contribution is 0.0600. The molecule has 4 rings (SSSR count). The number of aryl methyl sites for hydroxylation is 1. The van der Waals surface area contributed by atoms with Crippen molar-refractivity contribution in [2.75, 3.05) is 20.2 Å². The second-order valence-corrected chi connectivity index (χ2v) is 7.88. The summed E-state index contributed by atoms with van der Waals surface area (Å²) in [6, 6.07) is 8.37. The minimum atomic E-state index is -0.284. The van der Waals surface area contributed by atoms with E-state index in [4.69, 9.17) is 4.74 Å². The summed E-state index contributed by atoms with van der Waals surface area (Å²) in [6.45, 7) is 3.87. The van der Waals surface area contributed by atoms with Gasteiger partial charge in [0.2, 0.25) is 0 Å². The summed E-state index contributed by atoms with van der Waals surface area (Å²) in [4.78, 5) is 19.0. The Bertz CT molecular complexity index is 816. The molecule has 1 saturated heterocycles. The predicted octanol–water partition coefficient (Wildman–Crippen LogP) is 2.77. The number of hydrogen-bond donors (Lipinski definition) is 1. The van der Waals surface area contributed by atoms with Gasteiger partial charge in [-0.15, -0.1) is 12.4 Å². The van der Waals surface area contributed by atoms with E-state index in [0.29, 0.717) is 17.0 Å². The van der Waals surface area contributed by atoms with Gasteiger partial charge in [-0.25, -0.2) is 9.78 Å². The maximum atomic E-state index is 11.9. The maximum absolute atomic E-state index is 11.9. The van der Waals surface area contributed by atoms with Crippen LogP contribution in [0.25, 0.3) is 0 Å². The lowest BCUT2D eigenvalue weighted by Crippen LogP contribution is -2.36. The van der Waals surface area contributed by atoms with Crippen molar-refractivity contribution in [3.63, 3.8) is 0 Å². The highest BCUT2D eigenvalue weighted by atomic mass is 35.5. The lowest BCUT2D eigenvalue weighted by Gasteiger charge is -2.29. The van der Waals surface area contributed by atoms with Crippen molar-refractivity contribution in [3.8, 4) is 0 Å². The van der Waals surface area contributed by atoms with Gasteiger partial charge in [-0.3, -0.25) is 4.90 Å². The molecule has 1 N–H and O–H groups in total. The van der Waals surface area contributed by atoms with Crippen molar-refractivity contribution in [2.24, 2.45) is 12.5 Å². The van der Waals surface area contributed by atoms with Crippen LogP contribution in [0.3, 0.4) is 0 Å². The predicted molar refractivity (Wildman–Crippen MR) is 110 cm³/mol. The van der Waals surface area contributed by atoms with Gasteiger partial charge in [-0.1, -0.05) is 12.1 Å². The van der Waals surface area contributed by atoms with Gasteiger partial charge < -0.3 is 14.6 Å². The highest BCUT2D eigenvalue weighted by Gasteiger charge is 2.56. The van der Waals surface area contributed by atoms with Crippen LogP contribution in [-0.4, -0.2) is 46.7 Å². The largest absolute Gasteiger partial charge is 0.465 e. The van der Waals surface area contributed by atoms with Crippen molar-refractivity contribution in [1.82, 2.24) is 19.8 Å². The van der Waals surface area contributed by atoms with Crippen LogP contribution < -0.4 is 5.32 Å². The third-order valence-electron chi connectivity index (χ3n) is 6.19. The van der Waals surface area contributed by atoms with Crippen molar-refractivity contribution >= 4 is 18.4 Å². The first-order valence-corrected chi connectivity index (χ1v) is 9.69. The normalized spacial score (nSPS) is 20.0. The number of carbonyl (C=O) groups excluding carboxylic acids is 1. The van der Waals surface area contributed by atoms with E-state index in [2.05, 4.69) is 25.8 Å². The van der Waals surface area contributed by atoms with Crippen LogP contribution in [0.5, 0.6) is 0 Å². The fourth-order valence-electron chi connectivity index (χ4n) is 4.46. The Kier molecular flexibility index (Phi) is 6.43. The highest BCUT2D eigenvalue weighted by molar-refractivity contribution is 5.89. The van der Waals surface area contributed by atoms with Crippen molar-refractivity contribution in [2.45, 2.75) is 38.4 Å². The van der Waals surface area contributed by atoms with Crippen molar-refractivity contribution < 1.29 is 9.53 Å². The molecule has 1 saturated carbocycles. The van der Waals surface area contributed by atoms with E-state index >= 15 is 0 Å². The Morgan fingerprint density at radius 2 is 2.14 bits per heavy atom. The van der Waals surface area contributed by atoms with Gasteiger partial charge in [-0.2, -0.15) is 0 Å². The number of ether oxygens (including phenoxy) is 1. The van der Waals surface area contributed by atoms with E-state index in [1.807, 2.05) is 37.6 Å². The molecule has 0 amide bonds. The highest BCUT2D eigenvalue weighted by Crippen LogP contribution is 2.56. The average Bonchev–Trinajstić information content (AvgIpc) is 3.22. The number of piperidine rings is 1. The summed E-state index contributed by atoms with van der Waals surface area (Å²) in [5.74, 6) is 0.795. The summed E-state index contributed by atoms with van der Waals surface area (Å²) < 4.78 is 6.97. The molecule has 1 aromatic carbocycles. The first-order chi connectivity index (χ1) is 13.1. The van der Waals surface area contributed by atoms with Crippen LogP contribution in [0, 0.1) is 5.41 Å². The van der Waals surface area contributed by atoms with Gasteiger partial charge in [-0.05, 0) is 55.5 Å². The molecule has 2 fully saturated rings. The molecular formula is C21H29ClN4O2. The minimum absolute atomic E-state index is 0. The van der Waals surface area contributed by atoms with E-state index in [1.165, 1.54) is 26.4 Å². The van der Waals surface area contributed by atoms with Gasteiger partial charge in [0.1, 0.15) is 5.82 Å². The monoisotopic (exact) mass is 404 g/mol. The molecule has 1 atom stereocenters. The number of nitrogens with zero attached hydrogens (tertiary/aromatic N) is 3. The number of esters is 1. The third kappa shape index (κ3) is 4.24. The smallest absolute Gasteiger partial charge is 0.337 e. The fraction of sp³-hybridized carbons (Fsp3) is 0.524. The Labute approximate surface area is 172 Å². The maximum Gasteiger partial charge on any atom is 0.337 e. The molecule has 1 unspecified atom stereocenters. The van der Waals surface area contributed by atoms with E-state index in [-0.39, 0.29) is 18.4 Å². The third-order valence-corrected chi connectivity index (χ3v) is 6.19. The lowest BCUT2D eigenvalue weighted by atomic mass is 9.93. The number of rotatable bonds is 6. The Hall–Kier alpha value is -1.89. The molecule has 2 aromatic rings.